The highest BCUT2D eigenvalue weighted by Gasteiger charge is 2.22. The number of aromatic nitrogens is 4. The number of fused-ring (bicyclic) bond motifs is 6. The first kappa shape index (κ1) is 41.7. The largest absolute Gasteiger partial charge is 0.310 e. The molecule has 0 aliphatic carbocycles. The molecule has 6 heteroatoms. The van der Waals surface area contributed by atoms with E-state index in [0.29, 0.717) is 0 Å². The Morgan fingerprint density at radius 2 is 0.718 bits per heavy atom. The summed E-state index contributed by atoms with van der Waals surface area (Å²) in [7, 11) is 0. The molecular formula is C65H46N6. The van der Waals surface area contributed by atoms with Gasteiger partial charge in [0, 0.05) is 85.0 Å². The fourth-order valence-corrected chi connectivity index (χ4v) is 10.6. The number of aryl methyl sites for hydroxylation is 1. The number of nitrogens with zero attached hydrogens (tertiary/aromatic N) is 6. The van der Waals surface area contributed by atoms with Crippen molar-refractivity contribution in [3.63, 3.8) is 0 Å². The van der Waals surface area contributed by atoms with E-state index in [1.54, 1.807) is 6.33 Å². The van der Waals surface area contributed by atoms with Crippen molar-refractivity contribution >= 4 is 77.7 Å². The van der Waals surface area contributed by atoms with E-state index in [4.69, 9.17) is 0 Å². The lowest BCUT2D eigenvalue weighted by atomic mass is 9.95. The summed E-state index contributed by atoms with van der Waals surface area (Å²) < 4.78 is 4.90. The summed E-state index contributed by atoms with van der Waals surface area (Å²) in [6.45, 7) is 2.20. The minimum atomic E-state index is 0.988. The fraction of sp³-hybridized carbons (Fsp3) is 0.0154. The van der Waals surface area contributed by atoms with Crippen LogP contribution in [0, 0.1) is 6.92 Å². The molecule has 6 nitrogen and oxygen atoms in total. The third kappa shape index (κ3) is 7.37. The van der Waals surface area contributed by atoms with Crippen LogP contribution in [-0.4, -0.2) is 19.1 Å². The predicted molar refractivity (Wildman–Crippen MR) is 296 cm³/mol. The summed E-state index contributed by atoms with van der Waals surface area (Å²) in [5, 5.41) is 4.74. The van der Waals surface area contributed by atoms with Crippen molar-refractivity contribution in [3.05, 3.63) is 267 Å². The van der Waals surface area contributed by atoms with Crippen LogP contribution in [0.4, 0.5) is 34.1 Å². The lowest BCUT2D eigenvalue weighted by Crippen LogP contribution is -2.09. The van der Waals surface area contributed by atoms with Gasteiger partial charge in [-0.3, -0.25) is 0 Å². The van der Waals surface area contributed by atoms with Crippen molar-refractivity contribution in [3.8, 4) is 33.6 Å². The zero-order valence-electron chi connectivity index (χ0n) is 39.0. The van der Waals surface area contributed by atoms with Gasteiger partial charge in [0.1, 0.15) is 6.33 Å². The highest BCUT2D eigenvalue weighted by atomic mass is 15.1. The van der Waals surface area contributed by atoms with E-state index in [-0.39, 0.29) is 0 Å². The topological polar surface area (TPSA) is 42.1 Å². The molecule has 0 aliphatic rings. The Kier molecular flexibility index (Phi) is 10.3. The molecule has 0 atom stereocenters. The SMILES string of the molecule is Cc1cc(-c2cncnc2)ccc1-c1cc(-n2c3ccccc3c3cc(N(c4ccccc4)c4ccccc4)ccc32)cc(-n2c3ccccc3c3cc(N(c4ccccc4)c4ccccc4)ccc32)c1. The second kappa shape index (κ2) is 17.5. The number of hydrogen-bond donors (Lipinski definition) is 0. The average Bonchev–Trinajstić information content (AvgIpc) is 3.95. The summed E-state index contributed by atoms with van der Waals surface area (Å²) in [6, 6.07) is 87.7. The summed E-state index contributed by atoms with van der Waals surface area (Å²) in [5.41, 5.74) is 18.8. The molecule has 0 saturated heterocycles. The first-order chi connectivity index (χ1) is 35.1. The van der Waals surface area contributed by atoms with Gasteiger partial charge in [-0.25, -0.2) is 9.97 Å². The van der Waals surface area contributed by atoms with Gasteiger partial charge < -0.3 is 18.9 Å². The number of anilines is 6. The van der Waals surface area contributed by atoms with Crippen molar-refractivity contribution in [1.82, 2.24) is 19.1 Å². The Morgan fingerprint density at radius 3 is 1.15 bits per heavy atom. The van der Waals surface area contributed by atoms with Gasteiger partial charge >= 0.3 is 0 Å². The van der Waals surface area contributed by atoms with E-state index in [1.165, 1.54) is 21.5 Å². The first-order valence-corrected chi connectivity index (χ1v) is 24.0. The van der Waals surface area contributed by atoms with Crippen LogP contribution < -0.4 is 9.80 Å². The van der Waals surface area contributed by atoms with Gasteiger partial charge in [0.25, 0.3) is 0 Å². The number of benzene rings is 10. The summed E-state index contributed by atoms with van der Waals surface area (Å²) in [5.74, 6) is 0. The Hall–Kier alpha value is -9.52. The van der Waals surface area contributed by atoms with Crippen molar-refractivity contribution in [2.45, 2.75) is 6.92 Å². The number of rotatable bonds is 10. The zero-order chi connectivity index (χ0) is 47.3. The van der Waals surface area contributed by atoms with Gasteiger partial charge in [-0.2, -0.15) is 0 Å². The van der Waals surface area contributed by atoms with Crippen LogP contribution in [-0.2, 0) is 0 Å². The molecule has 0 N–H and O–H groups in total. The molecule has 0 bridgehead atoms. The van der Waals surface area contributed by atoms with Crippen molar-refractivity contribution < 1.29 is 0 Å². The quantitative estimate of drug-likeness (QED) is 0.137. The zero-order valence-corrected chi connectivity index (χ0v) is 39.0. The second-order valence-electron chi connectivity index (χ2n) is 18.0. The van der Waals surface area contributed by atoms with Crippen LogP contribution in [0.1, 0.15) is 5.56 Å². The molecule has 13 aromatic rings. The molecule has 10 aromatic carbocycles. The van der Waals surface area contributed by atoms with E-state index in [9.17, 15) is 0 Å². The first-order valence-electron chi connectivity index (χ1n) is 24.0. The molecule has 0 fully saturated rings. The molecule has 3 aromatic heterocycles. The highest BCUT2D eigenvalue weighted by molar-refractivity contribution is 6.12. The smallest absolute Gasteiger partial charge is 0.115 e. The number of para-hydroxylation sites is 6. The van der Waals surface area contributed by atoms with Crippen molar-refractivity contribution in [1.29, 1.82) is 0 Å². The molecule has 0 amide bonds. The fourth-order valence-electron chi connectivity index (χ4n) is 10.6. The molecule has 0 spiro atoms. The van der Waals surface area contributed by atoms with E-state index in [2.05, 4.69) is 278 Å². The van der Waals surface area contributed by atoms with E-state index in [0.717, 1.165) is 95.4 Å². The van der Waals surface area contributed by atoms with Gasteiger partial charge in [0.05, 0.1) is 22.1 Å². The van der Waals surface area contributed by atoms with Gasteiger partial charge in [-0.15, -0.1) is 0 Å². The Balaban J connectivity index is 1.04. The predicted octanol–water partition coefficient (Wildman–Crippen LogP) is 17.3. The monoisotopic (exact) mass is 910 g/mol. The number of hydrogen-bond acceptors (Lipinski definition) is 4. The summed E-state index contributed by atoms with van der Waals surface area (Å²) >= 11 is 0. The summed E-state index contributed by atoms with van der Waals surface area (Å²) in [4.78, 5) is 13.3. The van der Waals surface area contributed by atoms with Crippen molar-refractivity contribution in [2.75, 3.05) is 9.80 Å². The lowest BCUT2D eigenvalue weighted by Gasteiger charge is -2.25. The van der Waals surface area contributed by atoms with Crippen LogP contribution in [0.2, 0.25) is 0 Å². The van der Waals surface area contributed by atoms with Crippen LogP contribution in [0.15, 0.2) is 261 Å². The highest BCUT2D eigenvalue weighted by Crippen LogP contribution is 2.43. The Labute approximate surface area is 412 Å². The van der Waals surface area contributed by atoms with Gasteiger partial charge in [0.15, 0.2) is 0 Å². The van der Waals surface area contributed by atoms with Crippen LogP contribution in [0.3, 0.4) is 0 Å². The molecule has 336 valence electrons. The third-order valence-corrected chi connectivity index (χ3v) is 13.7. The van der Waals surface area contributed by atoms with Crippen LogP contribution in [0.25, 0.3) is 77.2 Å². The Morgan fingerprint density at radius 1 is 0.310 bits per heavy atom. The molecular weight excluding hydrogens is 865 g/mol. The van der Waals surface area contributed by atoms with E-state index < -0.39 is 0 Å². The molecule has 0 unspecified atom stereocenters. The van der Waals surface area contributed by atoms with Gasteiger partial charge in [-0.1, -0.05) is 127 Å². The molecule has 0 saturated carbocycles. The standard InChI is InChI=1S/C65H46N6/c1-45-36-46(48-42-66-44-67-43-48)30-33-57(45)47-37-55(70-62-28-16-14-26-58(62)60-40-53(31-34-64(60)70)68(49-18-6-2-7-19-49)50-20-8-3-9-21-50)39-56(38-47)71-63-29-17-15-27-59(63)61-41-54(32-35-65(61)71)69(51-22-10-4-11-23-51)52-24-12-5-13-25-52/h2-44H,1H3. The maximum Gasteiger partial charge on any atom is 0.115 e. The maximum atomic E-state index is 4.32. The Bertz CT molecular complexity index is 3760. The molecule has 71 heavy (non-hydrogen) atoms. The van der Waals surface area contributed by atoms with E-state index in [1.807, 2.05) is 12.4 Å². The molecule has 0 radical (unpaired) electrons. The summed E-state index contributed by atoms with van der Waals surface area (Å²) in [6.07, 6.45) is 5.33. The third-order valence-electron chi connectivity index (χ3n) is 13.7. The van der Waals surface area contributed by atoms with Crippen LogP contribution in [0.5, 0.6) is 0 Å². The molecule has 3 heterocycles. The molecule has 0 aliphatic heterocycles. The normalized spacial score (nSPS) is 11.5. The molecule has 13 rings (SSSR count). The van der Waals surface area contributed by atoms with Gasteiger partial charge in [0.2, 0.25) is 0 Å². The average molecular weight is 911 g/mol. The lowest BCUT2D eigenvalue weighted by molar-refractivity contribution is 1.13. The van der Waals surface area contributed by atoms with Gasteiger partial charge in [-0.05, 0) is 144 Å². The minimum absolute atomic E-state index is 0.988. The van der Waals surface area contributed by atoms with Crippen LogP contribution >= 0.6 is 0 Å². The van der Waals surface area contributed by atoms with E-state index >= 15 is 0 Å². The second-order valence-corrected chi connectivity index (χ2v) is 18.0. The minimum Gasteiger partial charge on any atom is -0.310 e. The van der Waals surface area contributed by atoms with Crippen molar-refractivity contribution in [2.24, 2.45) is 0 Å². The maximum absolute atomic E-state index is 4.32.